The minimum atomic E-state index is -4.40. The number of hydrogen-bond donors (Lipinski definition) is 3. The van der Waals surface area contributed by atoms with Gasteiger partial charge in [-0.05, 0) is 19.3 Å². The van der Waals surface area contributed by atoms with Gasteiger partial charge in [0.1, 0.15) is 11.4 Å². The van der Waals surface area contributed by atoms with Crippen molar-refractivity contribution >= 4 is 16.1 Å². The van der Waals surface area contributed by atoms with Crippen LogP contribution in [0.5, 0.6) is 0 Å². The number of aliphatic hydroxyl groups excluding tert-OH is 2. The maximum absolute atomic E-state index is 12.5. The van der Waals surface area contributed by atoms with Crippen molar-refractivity contribution in [3.8, 4) is 0 Å². The van der Waals surface area contributed by atoms with Crippen molar-refractivity contribution in [2.24, 2.45) is 5.92 Å². The lowest BCUT2D eigenvalue weighted by atomic mass is 9.96. The second-order valence-electron chi connectivity index (χ2n) is 8.54. The number of esters is 1. The molecule has 9 nitrogen and oxygen atoms in total. The van der Waals surface area contributed by atoms with Crippen molar-refractivity contribution in [2.45, 2.75) is 69.3 Å². The van der Waals surface area contributed by atoms with Crippen LogP contribution in [0.25, 0.3) is 0 Å². The second kappa shape index (κ2) is 12.3. The average Bonchev–Trinajstić information content (AvgIpc) is 3.02. The van der Waals surface area contributed by atoms with Gasteiger partial charge in [-0.1, -0.05) is 26.2 Å². The van der Waals surface area contributed by atoms with Gasteiger partial charge in [0.25, 0.3) is 10.1 Å². The highest BCUT2D eigenvalue weighted by Crippen LogP contribution is 2.33. The molecule has 0 amide bonds. The Bertz CT molecular complexity index is 623. The molecule has 1 saturated heterocycles. The number of β-amino-alcohol motifs (C(OH)–C–C–N with tert-alkyl or cyclic N) is 1. The van der Waals surface area contributed by atoms with Gasteiger partial charge < -0.3 is 14.9 Å². The number of piperazine rings is 1. The number of ether oxygens (including phenoxy) is 1. The summed E-state index contributed by atoms with van der Waals surface area (Å²) in [5.41, 5.74) is 0. The molecule has 1 aliphatic heterocycles. The van der Waals surface area contributed by atoms with Crippen molar-refractivity contribution in [1.82, 2.24) is 9.80 Å². The number of unbranched alkanes of at least 4 members (excludes halogenated alkanes) is 2. The van der Waals surface area contributed by atoms with Crippen molar-refractivity contribution in [1.29, 1.82) is 0 Å². The topological polar surface area (TPSA) is 128 Å². The molecule has 3 N–H and O–H groups in total. The van der Waals surface area contributed by atoms with E-state index in [-0.39, 0.29) is 19.1 Å². The molecule has 0 aromatic carbocycles. The van der Waals surface area contributed by atoms with Crippen LogP contribution in [-0.2, 0) is 19.6 Å². The lowest BCUT2D eigenvalue weighted by Crippen LogP contribution is -2.50. The molecule has 4 unspecified atom stereocenters. The van der Waals surface area contributed by atoms with Crippen LogP contribution in [0.3, 0.4) is 0 Å². The first kappa shape index (κ1) is 25.5. The van der Waals surface area contributed by atoms with Gasteiger partial charge in [0.05, 0.1) is 19.1 Å². The Morgan fingerprint density at radius 1 is 1.13 bits per heavy atom. The Morgan fingerprint density at radius 3 is 2.40 bits per heavy atom. The van der Waals surface area contributed by atoms with E-state index in [1.165, 1.54) is 0 Å². The Balaban J connectivity index is 1.88. The van der Waals surface area contributed by atoms with Crippen LogP contribution in [0.2, 0.25) is 0 Å². The molecule has 176 valence electrons. The summed E-state index contributed by atoms with van der Waals surface area (Å²) in [6, 6.07) is 0. The third-order valence-corrected chi connectivity index (χ3v) is 7.46. The Morgan fingerprint density at radius 2 is 1.80 bits per heavy atom. The minimum Gasteiger partial charge on any atom is -0.462 e. The van der Waals surface area contributed by atoms with Gasteiger partial charge in [0.2, 0.25) is 0 Å². The quantitative estimate of drug-likeness (QED) is 0.221. The summed E-state index contributed by atoms with van der Waals surface area (Å²) in [5, 5.41) is 18.0. The first-order valence-electron chi connectivity index (χ1n) is 11.1. The highest BCUT2D eigenvalue weighted by molar-refractivity contribution is 7.86. The number of rotatable bonds is 12. The van der Waals surface area contributed by atoms with Crippen molar-refractivity contribution in [2.75, 3.05) is 45.9 Å². The second-order valence-corrected chi connectivity index (χ2v) is 10.2. The standard InChI is InChI=1S/C20H38N2O7S/c1-2-3-4-5-17-18(24)6-7-19(17)29-20(25)14-16(30(26,27)28)15-22-10-8-21(9-11-22)12-13-23/h16-19,23-24H,2-15H2,1H3,(H,26,27,28). The van der Waals surface area contributed by atoms with E-state index in [0.29, 0.717) is 45.6 Å². The van der Waals surface area contributed by atoms with Crippen LogP contribution in [0.4, 0.5) is 0 Å². The maximum atomic E-state index is 12.5. The molecule has 0 aromatic heterocycles. The van der Waals surface area contributed by atoms with Crippen molar-refractivity contribution in [3.63, 3.8) is 0 Å². The molecule has 2 fully saturated rings. The molecule has 2 aliphatic rings. The summed E-state index contributed by atoms with van der Waals surface area (Å²) in [4.78, 5) is 16.5. The van der Waals surface area contributed by atoms with Gasteiger partial charge in [0.15, 0.2) is 0 Å². The number of hydrogen-bond acceptors (Lipinski definition) is 8. The predicted octanol–water partition coefficient (Wildman–Crippen LogP) is 0.506. The molecule has 4 atom stereocenters. The maximum Gasteiger partial charge on any atom is 0.307 e. The van der Waals surface area contributed by atoms with Gasteiger partial charge in [-0.2, -0.15) is 8.42 Å². The Labute approximate surface area is 180 Å². The molecular weight excluding hydrogens is 412 g/mol. The summed E-state index contributed by atoms with van der Waals surface area (Å²) in [6.07, 6.45) is 3.74. The summed E-state index contributed by atoms with van der Waals surface area (Å²) in [6.45, 7) is 5.43. The van der Waals surface area contributed by atoms with Crippen molar-refractivity contribution in [3.05, 3.63) is 0 Å². The molecule has 2 rings (SSSR count). The molecular formula is C20H38N2O7S. The number of nitrogens with zero attached hydrogens (tertiary/aromatic N) is 2. The van der Waals surface area contributed by atoms with E-state index in [1.54, 1.807) is 0 Å². The molecule has 0 bridgehead atoms. The van der Waals surface area contributed by atoms with Crippen LogP contribution in [-0.4, -0.2) is 102 Å². The average molecular weight is 451 g/mol. The fourth-order valence-electron chi connectivity index (χ4n) is 4.46. The summed E-state index contributed by atoms with van der Waals surface area (Å²) < 4.78 is 39.0. The first-order chi connectivity index (χ1) is 14.2. The third kappa shape index (κ3) is 8.05. The van der Waals surface area contributed by atoms with E-state index >= 15 is 0 Å². The SMILES string of the molecule is CCCCCC1C(O)CCC1OC(=O)CC(CN1CCN(CCO)CC1)S(=O)(=O)O. The molecule has 0 aromatic rings. The van der Waals surface area contributed by atoms with E-state index in [4.69, 9.17) is 9.84 Å². The molecule has 1 saturated carbocycles. The lowest BCUT2D eigenvalue weighted by molar-refractivity contribution is -0.151. The van der Waals surface area contributed by atoms with Crippen LogP contribution >= 0.6 is 0 Å². The fourth-order valence-corrected chi connectivity index (χ4v) is 5.20. The minimum absolute atomic E-state index is 0.0636. The summed E-state index contributed by atoms with van der Waals surface area (Å²) >= 11 is 0. The molecule has 30 heavy (non-hydrogen) atoms. The van der Waals surface area contributed by atoms with E-state index in [0.717, 1.165) is 25.7 Å². The van der Waals surface area contributed by atoms with E-state index in [2.05, 4.69) is 11.8 Å². The van der Waals surface area contributed by atoms with Crippen LogP contribution in [0, 0.1) is 5.92 Å². The zero-order chi connectivity index (χ0) is 22.1. The van der Waals surface area contributed by atoms with Gasteiger partial charge in [-0.25, -0.2) is 0 Å². The van der Waals surface area contributed by atoms with E-state index in [9.17, 15) is 22.9 Å². The molecule has 0 spiro atoms. The van der Waals surface area contributed by atoms with E-state index in [1.807, 2.05) is 4.90 Å². The zero-order valence-electron chi connectivity index (χ0n) is 18.0. The monoisotopic (exact) mass is 450 g/mol. The lowest BCUT2D eigenvalue weighted by Gasteiger charge is -2.35. The van der Waals surface area contributed by atoms with Crippen molar-refractivity contribution < 1.29 is 32.7 Å². The Hall–Kier alpha value is -0.780. The molecule has 0 radical (unpaired) electrons. The highest BCUT2D eigenvalue weighted by atomic mass is 32.2. The normalized spacial score (nSPS) is 27.3. The molecule has 1 aliphatic carbocycles. The number of carbonyl (C=O) groups excluding carboxylic acids is 1. The smallest absolute Gasteiger partial charge is 0.307 e. The van der Waals surface area contributed by atoms with Crippen LogP contribution < -0.4 is 0 Å². The molecule has 10 heteroatoms. The Kier molecular flexibility index (Phi) is 10.5. The largest absolute Gasteiger partial charge is 0.462 e. The summed E-state index contributed by atoms with van der Waals surface area (Å²) in [5.74, 6) is -0.750. The predicted molar refractivity (Wildman–Crippen MR) is 113 cm³/mol. The first-order valence-corrected chi connectivity index (χ1v) is 12.6. The van der Waals surface area contributed by atoms with Gasteiger partial charge in [-0.15, -0.1) is 0 Å². The third-order valence-electron chi connectivity index (χ3n) is 6.30. The highest BCUT2D eigenvalue weighted by Gasteiger charge is 2.38. The van der Waals surface area contributed by atoms with Gasteiger partial charge in [0, 0.05) is 45.2 Å². The van der Waals surface area contributed by atoms with Gasteiger partial charge >= 0.3 is 5.97 Å². The number of aliphatic hydroxyl groups is 2. The van der Waals surface area contributed by atoms with Crippen LogP contribution in [0.1, 0.15) is 51.9 Å². The molecule has 1 heterocycles. The summed E-state index contributed by atoms with van der Waals surface area (Å²) in [7, 11) is -4.40. The van der Waals surface area contributed by atoms with Gasteiger partial charge in [-0.3, -0.25) is 19.1 Å². The van der Waals surface area contributed by atoms with Crippen LogP contribution in [0.15, 0.2) is 0 Å². The fraction of sp³-hybridized carbons (Fsp3) is 0.950. The zero-order valence-corrected chi connectivity index (χ0v) is 18.8. The number of carbonyl (C=O) groups is 1. The van der Waals surface area contributed by atoms with E-state index < -0.39 is 40.0 Å².